The lowest BCUT2D eigenvalue weighted by Gasteiger charge is -2.32. The van der Waals surface area contributed by atoms with Crippen molar-refractivity contribution in [3.8, 4) is 0 Å². The average Bonchev–Trinajstić information content (AvgIpc) is 3.16. The van der Waals surface area contributed by atoms with E-state index < -0.39 is 0 Å². The minimum absolute atomic E-state index is 0.0189. The number of nitrogens with one attached hydrogen (secondary N) is 1. The van der Waals surface area contributed by atoms with Crippen molar-refractivity contribution in [3.05, 3.63) is 42.1 Å². The second-order valence-corrected chi connectivity index (χ2v) is 8.62. The van der Waals surface area contributed by atoms with Crippen LogP contribution in [0.2, 0.25) is 0 Å². The fourth-order valence-electron chi connectivity index (χ4n) is 4.96. The molecule has 3 heterocycles. The molecular formula is C24H28N4O3. The number of carbonyl (C=O) groups excluding carboxylic acids is 2. The predicted molar refractivity (Wildman–Crippen MR) is 119 cm³/mol. The third-order valence-electron chi connectivity index (χ3n) is 6.75. The number of rotatable bonds is 3. The third-order valence-corrected chi connectivity index (χ3v) is 6.75. The van der Waals surface area contributed by atoms with Crippen molar-refractivity contribution in [3.63, 3.8) is 0 Å². The summed E-state index contributed by atoms with van der Waals surface area (Å²) in [5.41, 5.74) is 3.49. The van der Waals surface area contributed by atoms with E-state index in [9.17, 15) is 9.59 Å². The first-order chi connectivity index (χ1) is 15.1. The standard InChI is InChI=1S/C24H28N4O3/c1-31-19-9-6-16(7-10-19)24(30)28-15-17-4-2-12-25-23(17)26-20-11-8-18(14-21(20)28)27-13-3-5-22(27)29/h2,4,8,11-12,14,16,19H,3,5-7,9-10,13,15H2,1H3,(H,25,26)/t16-,19-. The van der Waals surface area contributed by atoms with E-state index >= 15 is 0 Å². The van der Waals surface area contributed by atoms with E-state index in [4.69, 9.17) is 4.74 Å². The number of hydrogen-bond acceptors (Lipinski definition) is 5. The first-order valence-electron chi connectivity index (χ1n) is 11.1. The summed E-state index contributed by atoms with van der Waals surface area (Å²) in [6.45, 7) is 1.19. The molecule has 162 valence electrons. The normalized spacial score (nSPS) is 23.1. The second kappa shape index (κ2) is 8.30. The summed E-state index contributed by atoms with van der Waals surface area (Å²) in [5, 5.41) is 3.41. The number of nitrogens with zero attached hydrogens (tertiary/aromatic N) is 3. The monoisotopic (exact) mass is 420 g/mol. The van der Waals surface area contributed by atoms with Crippen LogP contribution in [0.5, 0.6) is 0 Å². The van der Waals surface area contributed by atoms with Crippen LogP contribution < -0.4 is 15.1 Å². The maximum Gasteiger partial charge on any atom is 0.230 e. The Morgan fingerprint density at radius 2 is 2.03 bits per heavy atom. The lowest BCUT2D eigenvalue weighted by atomic mass is 9.86. The minimum Gasteiger partial charge on any atom is -0.381 e. The molecule has 1 aromatic carbocycles. The lowest BCUT2D eigenvalue weighted by molar-refractivity contribution is -0.124. The van der Waals surface area contributed by atoms with Crippen LogP contribution in [0, 0.1) is 5.92 Å². The molecule has 7 nitrogen and oxygen atoms in total. The van der Waals surface area contributed by atoms with Crippen molar-refractivity contribution in [2.75, 3.05) is 28.8 Å². The van der Waals surface area contributed by atoms with Crippen LogP contribution in [0.3, 0.4) is 0 Å². The van der Waals surface area contributed by atoms with Crippen LogP contribution >= 0.6 is 0 Å². The highest BCUT2D eigenvalue weighted by atomic mass is 16.5. The van der Waals surface area contributed by atoms with Crippen molar-refractivity contribution in [2.24, 2.45) is 5.92 Å². The molecule has 1 aromatic heterocycles. The number of amides is 2. The van der Waals surface area contributed by atoms with Crippen LogP contribution in [-0.4, -0.2) is 36.6 Å². The number of fused-ring (bicyclic) bond motifs is 2. The zero-order valence-electron chi connectivity index (χ0n) is 17.8. The zero-order chi connectivity index (χ0) is 21.4. The molecule has 2 amide bonds. The molecule has 0 spiro atoms. The van der Waals surface area contributed by atoms with Gasteiger partial charge < -0.3 is 19.9 Å². The molecule has 2 aromatic rings. The van der Waals surface area contributed by atoms with Gasteiger partial charge in [-0.05, 0) is 56.4 Å². The van der Waals surface area contributed by atoms with E-state index in [0.29, 0.717) is 13.0 Å². The molecule has 1 saturated carbocycles. The van der Waals surface area contributed by atoms with Crippen LogP contribution in [-0.2, 0) is 20.9 Å². The zero-order valence-corrected chi connectivity index (χ0v) is 17.8. The quantitative estimate of drug-likeness (QED) is 0.812. The number of methoxy groups -OCH3 is 1. The number of pyridine rings is 1. The molecule has 0 radical (unpaired) electrons. The number of anilines is 4. The second-order valence-electron chi connectivity index (χ2n) is 8.62. The molecule has 2 aliphatic heterocycles. The summed E-state index contributed by atoms with van der Waals surface area (Å²) >= 11 is 0. The largest absolute Gasteiger partial charge is 0.381 e. The molecule has 1 N–H and O–H groups in total. The molecule has 7 heteroatoms. The highest BCUT2D eigenvalue weighted by molar-refractivity contribution is 6.02. The van der Waals surface area contributed by atoms with Crippen LogP contribution in [0.1, 0.15) is 44.1 Å². The van der Waals surface area contributed by atoms with Crippen LogP contribution in [0.15, 0.2) is 36.5 Å². The molecule has 0 bridgehead atoms. The van der Waals surface area contributed by atoms with Gasteiger partial charge in [-0.2, -0.15) is 0 Å². The van der Waals surface area contributed by atoms with Gasteiger partial charge in [0.2, 0.25) is 11.8 Å². The molecule has 1 aliphatic carbocycles. The first kappa shape index (κ1) is 20.0. The summed E-state index contributed by atoms with van der Waals surface area (Å²) in [6.07, 6.45) is 6.94. The van der Waals surface area contributed by atoms with E-state index in [-0.39, 0.29) is 23.8 Å². The maximum atomic E-state index is 13.7. The Kier molecular flexibility index (Phi) is 5.36. The van der Waals surface area contributed by atoms with E-state index in [1.807, 2.05) is 40.1 Å². The molecule has 0 atom stereocenters. The van der Waals surface area contributed by atoms with E-state index in [1.54, 1.807) is 13.3 Å². The molecule has 3 aliphatic rings. The Bertz CT molecular complexity index is 1000. The molecular weight excluding hydrogens is 392 g/mol. The van der Waals surface area contributed by atoms with E-state index in [0.717, 1.165) is 67.1 Å². The van der Waals surface area contributed by atoms with Crippen LogP contribution in [0.25, 0.3) is 0 Å². The van der Waals surface area contributed by atoms with Gasteiger partial charge in [-0.25, -0.2) is 4.98 Å². The predicted octanol–water partition coefficient (Wildman–Crippen LogP) is 4.00. The van der Waals surface area contributed by atoms with Gasteiger partial charge in [0.05, 0.1) is 24.0 Å². The summed E-state index contributed by atoms with van der Waals surface area (Å²) in [7, 11) is 1.74. The van der Waals surface area contributed by atoms with E-state index in [2.05, 4.69) is 10.3 Å². The summed E-state index contributed by atoms with van der Waals surface area (Å²) in [4.78, 5) is 34.2. The lowest BCUT2D eigenvalue weighted by Crippen LogP contribution is -2.38. The number of ether oxygens (including phenoxy) is 1. The van der Waals surface area contributed by atoms with Crippen molar-refractivity contribution in [1.29, 1.82) is 0 Å². The molecule has 1 saturated heterocycles. The van der Waals surface area contributed by atoms with Gasteiger partial charge >= 0.3 is 0 Å². The SMILES string of the molecule is CO[C@H]1CC[C@H](C(=O)N2Cc3cccnc3Nc3ccc(N4CCCC4=O)cc32)CC1. The van der Waals surface area contributed by atoms with Gasteiger partial charge in [0, 0.05) is 43.4 Å². The topological polar surface area (TPSA) is 74.8 Å². The van der Waals surface area contributed by atoms with Crippen molar-refractivity contribution in [1.82, 2.24) is 4.98 Å². The Morgan fingerprint density at radius 3 is 2.77 bits per heavy atom. The molecule has 5 rings (SSSR count). The molecule has 2 fully saturated rings. The Morgan fingerprint density at radius 1 is 1.19 bits per heavy atom. The molecule has 31 heavy (non-hydrogen) atoms. The van der Waals surface area contributed by atoms with Gasteiger partial charge in [-0.15, -0.1) is 0 Å². The van der Waals surface area contributed by atoms with Gasteiger partial charge in [0.1, 0.15) is 5.82 Å². The first-order valence-corrected chi connectivity index (χ1v) is 11.1. The average molecular weight is 421 g/mol. The number of hydrogen-bond donors (Lipinski definition) is 1. The highest BCUT2D eigenvalue weighted by Gasteiger charge is 2.33. The fourth-order valence-corrected chi connectivity index (χ4v) is 4.96. The van der Waals surface area contributed by atoms with Crippen LogP contribution in [0.4, 0.5) is 22.9 Å². The van der Waals surface area contributed by atoms with Crippen molar-refractivity contribution >= 4 is 34.7 Å². The third kappa shape index (κ3) is 3.78. The fraction of sp³-hybridized carbons (Fsp3) is 0.458. The summed E-state index contributed by atoms with van der Waals surface area (Å²) in [5.74, 6) is 1.03. The van der Waals surface area contributed by atoms with Gasteiger partial charge in [0.15, 0.2) is 0 Å². The van der Waals surface area contributed by atoms with Crippen molar-refractivity contribution < 1.29 is 14.3 Å². The van der Waals surface area contributed by atoms with Gasteiger partial charge in [0.25, 0.3) is 0 Å². The van der Waals surface area contributed by atoms with Crippen molar-refractivity contribution in [2.45, 2.75) is 51.2 Å². The minimum atomic E-state index is -0.0189. The van der Waals surface area contributed by atoms with E-state index in [1.165, 1.54) is 0 Å². The Labute approximate surface area is 182 Å². The summed E-state index contributed by atoms with van der Waals surface area (Å²) < 4.78 is 5.49. The Hall–Kier alpha value is -2.93. The number of aromatic nitrogens is 1. The number of carbonyl (C=O) groups is 2. The number of benzene rings is 1. The maximum absolute atomic E-state index is 13.7. The molecule has 0 unspecified atom stereocenters. The van der Waals surface area contributed by atoms with Gasteiger partial charge in [-0.3, -0.25) is 9.59 Å². The summed E-state index contributed by atoms with van der Waals surface area (Å²) in [6, 6.07) is 9.80. The Balaban J connectivity index is 1.51. The van der Waals surface area contributed by atoms with Gasteiger partial charge in [-0.1, -0.05) is 6.07 Å². The highest BCUT2D eigenvalue weighted by Crippen LogP contribution is 2.40. The smallest absolute Gasteiger partial charge is 0.230 e.